The van der Waals surface area contributed by atoms with E-state index in [1.54, 1.807) is 35.6 Å². The maximum atomic E-state index is 13.1. The van der Waals surface area contributed by atoms with Crippen molar-refractivity contribution in [2.75, 3.05) is 18.0 Å². The Morgan fingerprint density at radius 3 is 2.45 bits per heavy atom. The second kappa shape index (κ2) is 9.21. The topological polar surface area (TPSA) is 74.1 Å². The van der Waals surface area contributed by atoms with Crippen LogP contribution in [0.15, 0.2) is 58.8 Å². The van der Waals surface area contributed by atoms with Gasteiger partial charge in [0.25, 0.3) is 0 Å². The minimum Gasteiger partial charge on any atom is -0.348 e. The van der Waals surface area contributed by atoms with Crippen molar-refractivity contribution < 1.29 is 8.42 Å². The molecule has 1 aliphatic heterocycles. The number of piperidine rings is 1. The molecule has 5 nitrogen and oxygen atoms in total. The van der Waals surface area contributed by atoms with Crippen LogP contribution in [0, 0.1) is 11.3 Å². The Bertz CT molecular complexity index is 1190. The SMILES string of the molecule is CCc1ccc(Cc2csc(N3CCC(S(=O)(=O)c4ccccc4C#N)CC3)n2)cc1. The first-order chi connectivity index (χ1) is 15.0. The van der Waals surface area contributed by atoms with E-state index >= 15 is 0 Å². The molecule has 2 aromatic carbocycles. The molecule has 160 valence electrons. The lowest BCUT2D eigenvalue weighted by Gasteiger charge is -2.31. The van der Waals surface area contributed by atoms with E-state index in [9.17, 15) is 13.7 Å². The van der Waals surface area contributed by atoms with Crippen molar-refractivity contribution in [1.29, 1.82) is 5.26 Å². The number of anilines is 1. The third kappa shape index (κ3) is 4.65. The summed E-state index contributed by atoms with van der Waals surface area (Å²) in [6.45, 7) is 3.45. The fraction of sp³-hybridized carbons (Fsp3) is 0.333. The van der Waals surface area contributed by atoms with Gasteiger partial charge in [-0.1, -0.05) is 43.3 Å². The Kier molecular flexibility index (Phi) is 6.40. The first-order valence-corrected chi connectivity index (χ1v) is 12.9. The summed E-state index contributed by atoms with van der Waals surface area (Å²) in [5, 5.41) is 11.9. The van der Waals surface area contributed by atoms with Gasteiger partial charge in [-0.05, 0) is 42.5 Å². The molecule has 4 rings (SSSR count). The molecule has 0 bridgehead atoms. The van der Waals surface area contributed by atoms with Gasteiger partial charge in [-0.3, -0.25) is 0 Å². The fourth-order valence-corrected chi connectivity index (χ4v) is 6.73. The van der Waals surface area contributed by atoms with Crippen LogP contribution in [-0.2, 0) is 22.7 Å². The first kappa shape index (κ1) is 21.5. The predicted molar refractivity (Wildman–Crippen MR) is 124 cm³/mol. The number of hydrogen-bond acceptors (Lipinski definition) is 6. The average molecular weight is 452 g/mol. The van der Waals surface area contributed by atoms with Crippen molar-refractivity contribution >= 4 is 26.3 Å². The van der Waals surface area contributed by atoms with Crippen molar-refractivity contribution in [3.63, 3.8) is 0 Å². The van der Waals surface area contributed by atoms with Gasteiger partial charge >= 0.3 is 0 Å². The van der Waals surface area contributed by atoms with E-state index < -0.39 is 15.1 Å². The molecule has 0 N–H and O–H groups in total. The van der Waals surface area contributed by atoms with E-state index in [-0.39, 0.29) is 10.5 Å². The highest BCUT2D eigenvalue weighted by molar-refractivity contribution is 7.92. The quantitative estimate of drug-likeness (QED) is 0.547. The van der Waals surface area contributed by atoms with Crippen molar-refractivity contribution in [2.45, 2.75) is 42.8 Å². The molecule has 31 heavy (non-hydrogen) atoms. The van der Waals surface area contributed by atoms with E-state index in [1.165, 1.54) is 11.1 Å². The Balaban J connectivity index is 1.40. The zero-order valence-corrected chi connectivity index (χ0v) is 19.1. The molecule has 1 fully saturated rings. The van der Waals surface area contributed by atoms with E-state index in [2.05, 4.69) is 41.5 Å². The number of thiazole rings is 1. The molecule has 0 saturated carbocycles. The van der Waals surface area contributed by atoms with Crippen LogP contribution in [0.2, 0.25) is 0 Å². The van der Waals surface area contributed by atoms with Gasteiger partial charge in [0.15, 0.2) is 15.0 Å². The molecule has 0 unspecified atom stereocenters. The zero-order valence-electron chi connectivity index (χ0n) is 17.5. The molecule has 7 heteroatoms. The van der Waals surface area contributed by atoms with Gasteiger partial charge in [0.05, 0.1) is 21.4 Å². The van der Waals surface area contributed by atoms with Crippen LogP contribution in [0.5, 0.6) is 0 Å². The van der Waals surface area contributed by atoms with Crippen LogP contribution in [0.1, 0.15) is 42.1 Å². The van der Waals surface area contributed by atoms with Gasteiger partial charge in [0.1, 0.15) is 6.07 Å². The number of nitrogens with zero attached hydrogens (tertiary/aromatic N) is 3. The molecule has 0 atom stereocenters. The summed E-state index contributed by atoms with van der Waals surface area (Å²) in [6, 6.07) is 17.1. The Morgan fingerprint density at radius 1 is 1.10 bits per heavy atom. The van der Waals surface area contributed by atoms with Crippen LogP contribution < -0.4 is 4.90 Å². The van der Waals surface area contributed by atoms with Gasteiger partial charge in [-0.25, -0.2) is 13.4 Å². The van der Waals surface area contributed by atoms with E-state index in [1.807, 2.05) is 6.07 Å². The third-order valence-electron chi connectivity index (χ3n) is 5.82. The van der Waals surface area contributed by atoms with Gasteiger partial charge in [-0.15, -0.1) is 11.3 Å². The zero-order chi connectivity index (χ0) is 21.8. The third-order valence-corrected chi connectivity index (χ3v) is 9.09. The fourth-order valence-electron chi connectivity index (χ4n) is 3.97. The lowest BCUT2D eigenvalue weighted by atomic mass is 10.1. The molecule has 1 saturated heterocycles. The van der Waals surface area contributed by atoms with E-state index in [0.29, 0.717) is 25.9 Å². The number of aromatic nitrogens is 1. The van der Waals surface area contributed by atoms with Gasteiger partial charge < -0.3 is 4.90 Å². The van der Waals surface area contributed by atoms with Crippen LogP contribution in [0.3, 0.4) is 0 Å². The minimum atomic E-state index is -3.52. The number of sulfone groups is 1. The van der Waals surface area contributed by atoms with Gasteiger partial charge in [0, 0.05) is 24.9 Å². The Hall–Kier alpha value is -2.69. The molecule has 2 heterocycles. The number of aryl methyl sites for hydroxylation is 1. The molecule has 3 aromatic rings. The molecular formula is C24H25N3O2S2. The van der Waals surface area contributed by atoms with Crippen LogP contribution in [0.4, 0.5) is 5.13 Å². The second-order valence-electron chi connectivity index (χ2n) is 7.81. The van der Waals surface area contributed by atoms with E-state index in [0.717, 1.165) is 23.7 Å². The number of rotatable bonds is 6. The molecule has 0 radical (unpaired) electrons. The highest BCUT2D eigenvalue weighted by Crippen LogP contribution is 2.30. The lowest BCUT2D eigenvalue weighted by molar-refractivity contribution is 0.529. The summed E-state index contributed by atoms with van der Waals surface area (Å²) in [6.07, 6.45) is 2.91. The monoisotopic (exact) mass is 451 g/mol. The highest BCUT2D eigenvalue weighted by Gasteiger charge is 2.33. The number of benzene rings is 2. The second-order valence-corrected chi connectivity index (χ2v) is 10.8. The maximum absolute atomic E-state index is 13.1. The van der Waals surface area contributed by atoms with Crippen molar-refractivity contribution in [2.24, 2.45) is 0 Å². The molecule has 1 aliphatic rings. The largest absolute Gasteiger partial charge is 0.348 e. The normalized spacial score (nSPS) is 15.0. The summed E-state index contributed by atoms with van der Waals surface area (Å²) < 4.78 is 26.2. The summed E-state index contributed by atoms with van der Waals surface area (Å²) in [5.74, 6) is 0. The standard InChI is InChI=1S/C24H25N3O2S2/c1-2-18-7-9-19(10-8-18)15-21-17-30-24(26-21)27-13-11-22(12-14-27)31(28,29)23-6-4-3-5-20(23)16-25/h3-10,17,22H,2,11-15H2,1H3. The summed E-state index contributed by atoms with van der Waals surface area (Å²) in [7, 11) is -3.52. The molecule has 0 amide bonds. The van der Waals surface area contributed by atoms with Crippen molar-refractivity contribution in [3.8, 4) is 6.07 Å². The first-order valence-electron chi connectivity index (χ1n) is 10.5. The van der Waals surface area contributed by atoms with Crippen LogP contribution >= 0.6 is 11.3 Å². The number of nitriles is 1. The van der Waals surface area contributed by atoms with Gasteiger partial charge in [0.2, 0.25) is 0 Å². The van der Waals surface area contributed by atoms with Gasteiger partial charge in [-0.2, -0.15) is 5.26 Å². The molecular weight excluding hydrogens is 426 g/mol. The number of hydrogen-bond donors (Lipinski definition) is 0. The predicted octanol–water partition coefficient (Wildman–Crippen LogP) is 4.61. The van der Waals surface area contributed by atoms with Crippen molar-refractivity contribution in [3.05, 3.63) is 76.3 Å². The average Bonchev–Trinajstić information content (AvgIpc) is 3.28. The molecule has 0 aliphatic carbocycles. The Morgan fingerprint density at radius 2 is 1.77 bits per heavy atom. The summed E-state index contributed by atoms with van der Waals surface area (Å²) in [5.41, 5.74) is 3.84. The molecule has 1 aromatic heterocycles. The maximum Gasteiger partial charge on any atom is 0.185 e. The van der Waals surface area contributed by atoms with Crippen LogP contribution in [0.25, 0.3) is 0 Å². The smallest absolute Gasteiger partial charge is 0.185 e. The lowest BCUT2D eigenvalue weighted by Crippen LogP contribution is -2.39. The summed E-state index contributed by atoms with van der Waals surface area (Å²) >= 11 is 1.62. The minimum absolute atomic E-state index is 0.154. The highest BCUT2D eigenvalue weighted by atomic mass is 32.2. The Labute approximate surface area is 187 Å². The van der Waals surface area contributed by atoms with Crippen LogP contribution in [-0.4, -0.2) is 31.7 Å². The van der Waals surface area contributed by atoms with E-state index in [4.69, 9.17) is 4.98 Å². The van der Waals surface area contributed by atoms with Crippen molar-refractivity contribution in [1.82, 2.24) is 4.98 Å². The molecule has 0 spiro atoms. The summed E-state index contributed by atoms with van der Waals surface area (Å²) in [4.78, 5) is 7.13.